The number of ether oxygens (including phenoxy) is 1. The van der Waals surface area contributed by atoms with Crippen LogP contribution in [0, 0.1) is 5.92 Å². The van der Waals surface area contributed by atoms with E-state index in [1.807, 2.05) is 91.9 Å². The molecule has 0 atom stereocenters. The number of ketones is 1. The maximum absolute atomic E-state index is 13.0. The summed E-state index contributed by atoms with van der Waals surface area (Å²) >= 11 is 0. The lowest BCUT2D eigenvalue weighted by molar-refractivity contribution is 0.0528. The summed E-state index contributed by atoms with van der Waals surface area (Å²) in [6.07, 6.45) is 0.511. The molecule has 0 saturated carbocycles. The number of benzene rings is 2. The number of hydrogen-bond acceptors (Lipinski definition) is 13. The van der Waals surface area contributed by atoms with Crippen molar-refractivity contribution < 1.29 is 19.4 Å². The minimum absolute atomic E-state index is 0.135. The minimum Gasteiger partial charge on any atom is -0.462 e. The van der Waals surface area contributed by atoms with Crippen molar-refractivity contribution in [2.24, 2.45) is 11.7 Å². The van der Waals surface area contributed by atoms with Gasteiger partial charge < -0.3 is 35.2 Å². The van der Waals surface area contributed by atoms with Crippen LogP contribution in [-0.4, -0.2) is 141 Å². The molecule has 15 heteroatoms. The molecular weight excluding hydrogens is 831 g/mol. The second kappa shape index (κ2) is 21.4. The summed E-state index contributed by atoms with van der Waals surface area (Å²) in [5, 5.41) is 9.43. The number of pyridine rings is 4. The summed E-state index contributed by atoms with van der Waals surface area (Å²) in [5.41, 5.74) is 12.8. The summed E-state index contributed by atoms with van der Waals surface area (Å²) in [5.74, 6) is 2.01. The average molecular weight is 896 g/mol. The Bertz CT molecular complexity index is 2940. The third-order valence-corrected chi connectivity index (χ3v) is 11.5. The number of rotatable bonds is 7. The molecule has 2 aliphatic heterocycles. The van der Waals surface area contributed by atoms with E-state index in [9.17, 15) is 9.59 Å². The normalized spacial score (nSPS) is 14.7. The second-order valence-electron chi connectivity index (χ2n) is 17.7. The summed E-state index contributed by atoms with van der Waals surface area (Å²) in [7, 11) is 4.30. The third-order valence-electron chi connectivity index (χ3n) is 11.5. The van der Waals surface area contributed by atoms with E-state index >= 15 is 0 Å². The number of piperazine rings is 2. The van der Waals surface area contributed by atoms with Gasteiger partial charge >= 0.3 is 5.97 Å². The molecule has 6 aromatic heterocycles. The first-order valence-electron chi connectivity index (χ1n) is 23.2. The number of nitrogens with two attached hydrogens (primary N) is 1. The lowest BCUT2D eigenvalue weighted by Crippen LogP contribution is -2.44. The van der Waals surface area contributed by atoms with E-state index in [-0.39, 0.29) is 18.4 Å². The van der Waals surface area contributed by atoms with Gasteiger partial charge in [-0.05, 0) is 101 Å². The molecule has 2 fully saturated rings. The van der Waals surface area contributed by atoms with Gasteiger partial charge in [0.25, 0.3) is 0 Å². The quantitative estimate of drug-likeness (QED) is 0.121. The molecule has 3 N–H and O–H groups in total. The van der Waals surface area contributed by atoms with Crippen molar-refractivity contribution in [2.45, 2.75) is 54.0 Å². The van der Waals surface area contributed by atoms with Gasteiger partial charge in [0, 0.05) is 76.2 Å². The molecule has 0 amide bonds. The summed E-state index contributed by atoms with van der Waals surface area (Å²) < 4.78 is 9.33. The van der Waals surface area contributed by atoms with Gasteiger partial charge in [-0.25, -0.2) is 24.7 Å². The van der Waals surface area contributed by atoms with Crippen LogP contribution in [-0.2, 0) is 4.74 Å². The number of imidazole rings is 2. The minimum atomic E-state index is -0.363. The zero-order valence-electron chi connectivity index (χ0n) is 39.7. The number of aliphatic hydroxyl groups excluding tert-OH is 1. The molecule has 0 radical (unpaired) electrons. The van der Waals surface area contributed by atoms with Crippen LogP contribution in [0.2, 0.25) is 0 Å². The Morgan fingerprint density at radius 1 is 0.621 bits per heavy atom. The number of anilines is 2. The van der Waals surface area contributed by atoms with Gasteiger partial charge in [0.05, 0.1) is 34.2 Å². The lowest BCUT2D eigenvalue weighted by atomic mass is 10.0. The largest absolute Gasteiger partial charge is 0.462 e. The zero-order chi connectivity index (χ0) is 47.1. The molecular formula is C51H65N11O4. The van der Waals surface area contributed by atoms with Gasteiger partial charge in [-0.2, -0.15) is 0 Å². The Balaban J connectivity index is 0.000000172. The highest BCUT2D eigenvalue weighted by molar-refractivity contribution is 6.07. The topological polar surface area (TPSA) is 163 Å². The molecule has 0 spiro atoms. The van der Waals surface area contributed by atoms with Crippen molar-refractivity contribution in [2.75, 3.05) is 89.5 Å². The Kier molecular flexibility index (Phi) is 15.4. The molecule has 10 rings (SSSR count). The van der Waals surface area contributed by atoms with Gasteiger partial charge in [-0.1, -0.05) is 52.0 Å². The summed E-state index contributed by atoms with van der Waals surface area (Å²) in [6, 6.07) is 28.3. The first kappa shape index (κ1) is 47.7. The fraction of sp³-hybridized carbons (Fsp3) is 0.412. The number of nitrogens with zero attached hydrogens (tertiary/aromatic N) is 10. The number of fused-ring (bicyclic) bond motifs is 10. The Hall–Kier alpha value is -6.26. The van der Waals surface area contributed by atoms with Gasteiger partial charge in [-0.3, -0.25) is 13.6 Å². The van der Waals surface area contributed by atoms with Crippen LogP contribution >= 0.6 is 0 Å². The standard InChI is InChI=1S/C24H27N5O.C22H23N5O2.C3H9N.C2H6O/c1-16(2)14-21(30)18-15-17-8-9-22(28-12-10-27(3)11-13-28)26-23(17)29-20-7-5-4-6-19(20)25-24(18)29;1-3-29-22(28)16-14-15-8-9-19(26-12-10-25(2)11-13-26)24-20(15)27-18-7-5-4-6-17(18)23-21(16)27;1-3(2)4;1-2-3/h4-9,15-16H,10-14H2,1-3H3;4-9,14H,3,10-13H2,1-2H3;3H,4H2,1-2H3;3H,2H2,1H3. The van der Waals surface area contributed by atoms with Crippen LogP contribution in [0.3, 0.4) is 0 Å². The number of carbonyl (C=O) groups excluding carboxylic acids is 2. The van der Waals surface area contributed by atoms with E-state index < -0.39 is 0 Å². The molecule has 8 heterocycles. The van der Waals surface area contributed by atoms with E-state index in [2.05, 4.69) is 70.1 Å². The number of carbonyl (C=O) groups is 2. The van der Waals surface area contributed by atoms with Crippen molar-refractivity contribution in [3.05, 3.63) is 96.1 Å². The Morgan fingerprint density at radius 2 is 1.03 bits per heavy atom. The summed E-state index contributed by atoms with van der Waals surface area (Å²) in [4.78, 5) is 54.6. The summed E-state index contributed by atoms with van der Waals surface area (Å²) in [6.45, 7) is 20.0. The molecule has 0 bridgehead atoms. The average Bonchev–Trinajstić information content (AvgIpc) is 3.89. The predicted octanol–water partition coefficient (Wildman–Crippen LogP) is 7.33. The van der Waals surface area contributed by atoms with Crippen molar-refractivity contribution >= 4 is 78.8 Å². The first-order chi connectivity index (χ1) is 31.8. The maximum Gasteiger partial charge on any atom is 0.341 e. The van der Waals surface area contributed by atoms with Gasteiger partial charge in [-0.15, -0.1) is 0 Å². The van der Waals surface area contributed by atoms with Crippen molar-refractivity contribution in [3.63, 3.8) is 0 Å². The Morgan fingerprint density at radius 3 is 1.45 bits per heavy atom. The fourth-order valence-electron chi connectivity index (χ4n) is 8.23. The van der Waals surface area contributed by atoms with E-state index in [0.29, 0.717) is 47.4 Å². The molecule has 348 valence electrons. The number of Topliss-reactive ketones (excluding diaryl/α,β-unsaturated/α-hetero) is 1. The molecule has 2 aromatic carbocycles. The monoisotopic (exact) mass is 896 g/mol. The zero-order valence-corrected chi connectivity index (χ0v) is 39.7. The smallest absolute Gasteiger partial charge is 0.341 e. The lowest BCUT2D eigenvalue weighted by Gasteiger charge is -2.33. The van der Waals surface area contributed by atoms with E-state index in [0.717, 1.165) is 108 Å². The van der Waals surface area contributed by atoms with Crippen LogP contribution in [0.4, 0.5) is 11.6 Å². The highest BCUT2D eigenvalue weighted by atomic mass is 16.5. The molecule has 0 unspecified atom stereocenters. The second-order valence-corrected chi connectivity index (χ2v) is 17.7. The molecule has 15 nitrogen and oxygen atoms in total. The fourth-order valence-corrected chi connectivity index (χ4v) is 8.23. The molecule has 0 aliphatic carbocycles. The van der Waals surface area contributed by atoms with Crippen LogP contribution in [0.15, 0.2) is 84.9 Å². The number of hydrogen-bond donors (Lipinski definition) is 2. The van der Waals surface area contributed by atoms with E-state index in [1.165, 1.54) is 0 Å². The molecule has 2 aliphatic rings. The number of likely N-dealkylation sites (N-methyl/N-ethyl adjacent to an activating group) is 2. The van der Waals surface area contributed by atoms with E-state index in [4.69, 9.17) is 35.5 Å². The molecule has 2 saturated heterocycles. The van der Waals surface area contributed by atoms with Crippen LogP contribution in [0.1, 0.15) is 68.7 Å². The Labute approximate surface area is 386 Å². The van der Waals surface area contributed by atoms with Gasteiger partial charge in [0.2, 0.25) is 0 Å². The molecule has 8 aromatic rings. The SMILES string of the molecule is CC(C)CC(=O)c1cc2ccc(N3CCN(C)CC3)nc2n2c1nc1ccccc12.CC(C)N.CCO.CCOC(=O)c1cc2ccc(N3CCN(C)CC3)nc2n2c1nc1ccccc12. The van der Waals surface area contributed by atoms with Gasteiger partial charge in [0.15, 0.2) is 17.1 Å². The number of aliphatic hydroxyl groups is 1. The third kappa shape index (κ3) is 10.5. The predicted molar refractivity (Wildman–Crippen MR) is 267 cm³/mol. The van der Waals surface area contributed by atoms with Crippen molar-refractivity contribution in [3.8, 4) is 0 Å². The number of para-hydroxylation sites is 4. The number of esters is 1. The van der Waals surface area contributed by atoms with Crippen molar-refractivity contribution in [1.82, 2.24) is 38.5 Å². The van der Waals surface area contributed by atoms with Crippen LogP contribution < -0.4 is 15.5 Å². The van der Waals surface area contributed by atoms with Crippen LogP contribution in [0.5, 0.6) is 0 Å². The number of aromatic nitrogens is 6. The first-order valence-corrected chi connectivity index (χ1v) is 23.2. The maximum atomic E-state index is 13.0. The molecule has 66 heavy (non-hydrogen) atoms. The van der Waals surface area contributed by atoms with Crippen LogP contribution in [0.25, 0.3) is 55.4 Å². The van der Waals surface area contributed by atoms with Gasteiger partial charge in [0.1, 0.15) is 28.5 Å². The highest BCUT2D eigenvalue weighted by Crippen LogP contribution is 2.30. The van der Waals surface area contributed by atoms with Crippen molar-refractivity contribution in [1.29, 1.82) is 0 Å². The van der Waals surface area contributed by atoms with E-state index in [1.54, 1.807) is 6.92 Å². The highest BCUT2D eigenvalue weighted by Gasteiger charge is 2.23.